The predicted molar refractivity (Wildman–Crippen MR) is 74.6 cm³/mol. The number of hydrogen-bond donors (Lipinski definition) is 1. The van der Waals surface area contributed by atoms with Gasteiger partial charge in [-0.05, 0) is 36.5 Å². The number of imidazole rings is 1. The van der Waals surface area contributed by atoms with Crippen molar-refractivity contribution in [2.45, 2.75) is 0 Å². The standard InChI is InChI=1S/C14H12N2OS/c1-17-12-8-3-2-6-10(12)13-11-7-4-5-9-16(11)14(18)15-13/h2-9H,1H3,(H,15,18). The molecule has 1 N–H and O–H groups in total. The fourth-order valence-electron chi connectivity index (χ4n) is 2.11. The molecule has 0 amide bonds. The first-order valence-corrected chi connectivity index (χ1v) is 6.05. The van der Waals surface area contributed by atoms with Crippen molar-refractivity contribution in [3.8, 4) is 17.0 Å². The number of pyridine rings is 1. The van der Waals surface area contributed by atoms with Crippen LogP contribution in [0.5, 0.6) is 5.75 Å². The molecule has 3 nitrogen and oxygen atoms in total. The van der Waals surface area contributed by atoms with E-state index in [0.29, 0.717) is 4.77 Å². The lowest BCUT2D eigenvalue weighted by Crippen LogP contribution is -1.88. The number of methoxy groups -OCH3 is 1. The number of fused-ring (bicyclic) bond motifs is 1. The van der Waals surface area contributed by atoms with E-state index >= 15 is 0 Å². The Morgan fingerprint density at radius 2 is 1.89 bits per heavy atom. The number of rotatable bonds is 2. The van der Waals surface area contributed by atoms with Crippen LogP contribution in [0.3, 0.4) is 0 Å². The van der Waals surface area contributed by atoms with Crippen LogP contribution in [0.1, 0.15) is 0 Å². The Bertz CT molecular complexity index is 758. The summed E-state index contributed by atoms with van der Waals surface area (Å²) in [6, 6.07) is 13.9. The van der Waals surface area contributed by atoms with Gasteiger partial charge in [0.05, 0.1) is 18.3 Å². The van der Waals surface area contributed by atoms with Crippen molar-refractivity contribution in [3.63, 3.8) is 0 Å². The van der Waals surface area contributed by atoms with E-state index in [9.17, 15) is 0 Å². The fourth-order valence-corrected chi connectivity index (χ4v) is 2.37. The molecular formula is C14H12N2OS. The Labute approximate surface area is 110 Å². The minimum Gasteiger partial charge on any atom is -0.496 e. The van der Waals surface area contributed by atoms with E-state index in [-0.39, 0.29) is 0 Å². The number of aromatic nitrogens is 2. The van der Waals surface area contributed by atoms with Crippen molar-refractivity contribution in [2.75, 3.05) is 7.11 Å². The molecule has 2 heterocycles. The quantitative estimate of drug-likeness (QED) is 0.709. The van der Waals surface area contributed by atoms with Gasteiger partial charge in [0.2, 0.25) is 0 Å². The van der Waals surface area contributed by atoms with Crippen LogP contribution >= 0.6 is 12.2 Å². The molecule has 0 radical (unpaired) electrons. The van der Waals surface area contributed by atoms with E-state index in [2.05, 4.69) is 4.98 Å². The highest BCUT2D eigenvalue weighted by Crippen LogP contribution is 2.31. The fraction of sp³-hybridized carbons (Fsp3) is 0.0714. The van der Waals surface area contributed by atoms with Gasteiger partial charge < -0.3 is 9.72 Å². The van der Waals surface area contributed by atoms with Gasteiger partial charge in [-0.25, -0.2) is 0 Å². The molecule has 0 fully saturated rings. The van der Waals surface area contributed by atoms with Crippen LogP contribution in [0.15, 0.2) is 48.7 Å². The Hall–Kier alpha value is -2.07. The number of hydrogen-bond acceptors (Lipinski definition) is 2. The van der Waals surface area contributed by atoms with E-state index in [4.69, 9.17) is 17.0 Å². The monoisotopic (exact) mass is 256 g/mol. The lowest BCUT2D eigenvalue weighted by Gasteiger charge is -2.06. The second-order valence-electron chi connectivity index (χ2n) is 3.96. The third-order valence-electron chi connectivity index (χ3n) is 2.94. The summed E-state index contributed by atoms with van der Waals surface area (Å²) < 4.78 is 8.04. The number of ether oxygens (including phenoxy) is 1. The van der Waals surface area contributed by atoms with Crippen LogP contribution in [0.25, 0.3) is 16.8 Å². The van der Waals surface area contributed by atoms with Gasteiger partial charge in [0.25, 0.3) is 0 Å². The Morgan fingerprint density at radius 3 is 2.72 bits per heavy atom. The molecule has 0 aliphatic carbocycles. The van der Waals surface area contributed by atoms with Gasteiger partial charge in [-0.2, -0.15) is 0 Å². The van der Waals surface area contributed by atoms with Crippen molar-refractivity contribution in [1.82, 2.24) is 9.38 Å². The average Bonchev–Trinajstić information content (AvgIpc) is 2.77. The van der Waals surface area contributed by atoms with Gasteiger partial charge in [-0.3, -0.25) is 4.40 Å². The lowest BCUT2D eigenvalue weighted by atomic mass is 10.1. The zero-order valence-electron chi connectivity index (χ0n) is 9.88. The van der Waals surface area contributed by atoms with Gasteiger partial charge in [0.1, 0.15) is 5.75 Å². The summed E-state index contributed by atoms with van der Waals surface area (Å²) in [5.74, 6) is 0.833. The van der Waals surface area contributed by atoms with Crippen LogP contribution in [0.4, 0.5) is 0 Å². The van der Waals surface area contributed by atoms with Crippen LogP contribution in [-0.4, -0.2) is 16.5 Å². The van der Waals surface area contributed by atoms with E-state index in [0.717, 1.165) is 22.5 Å². The topological polar surface area (TPSA) is 29.4 Å². The molecule has 0 spiro atoms. The first kappa shape index (κ1) is 11.0. The Kier molecular flexibility index (Phi) is 2.64. The maximum atomic E-state index is 5.39. The van der Waals surface area contributed by atoms with Crippen molar-refractivity contribution in [3.05, 3.63) is 53.4 Å². The number of H-pyrrole nitrogens is 1. The Morgan fingerprint density at radius 1 is 1.11 bits per heavy atom. The maximum absolute atomic E-state index is 5.39. The second-order valence-corrected chi connectivity index (χ2v) is 4.35. The normalized spacial score (nSPS) is 10.7. The largest absolute Gasteiger partial charge is 0.496 e. The average molecular weight is 256 g/mol. The molecule has 0 atom stereocenters. The van der Waals surface area contributed by atoms with Crippen molar-refractivity contribution >= 4 is 17.7 Å². The van der Waals surface area contributed by atoms with Gasteiger partial charge in [0.15, 0.2) is 4.77 Å². The summed E-state index contributed by atoms with van der Waals surface area (Å²) in [4.78, 5) is 3.24. The van der Waals surface area contributed by atoms with Gasteiger partial charge in [-0.15, -0.1) is 0 Å². The van der Waals surface area contributed by atoms with E-state index in [1.807, 2.05) is 53.1 Å². The molecule has 3 aromatic rings. The second kappa shape index (κ2) is 4.31. The van der Waals surface area contributed by atoms with Crippen LogP contribution < -0.4 is 4.74 Å². The highest BCUT2D eigenvalue weighted by atomic mass is 32.1. The molecule has 18 heavy (non-hydrogen) atoms. The molecule has 1 aromatic carbocycles. The smallest absolute Gasteiger partial charge is 0.182 e. The summed E-state index contributed by atoms with van der Waals surface area (Å²) in [6.45, 7) is 0. The van der Waals surface area contributed by atoms with Gasteiger partial charge in [-0.1, -0.05) is 18.2 Å². The number of nitrogens with zero attached hydrogens (tertiary/aromatic N) is 1. The first-order chi connectivity index (χ1) is 8.81. The Balaban J connectivity index is 2.36. The highest BCUT2D eigenvalue weighted by Gasteiger charge is 2.10. The predicted octanol–water partition coefficient (Wildman–Crippen LogP) is 3.67. The van der Waals surface area contributed by atoms with Crippen molar-refractivity contribution < 1.29 is 4.74 Å². The van der Waals surface area contributed by atoms with Crippen molar-refractivity contribution in [2.24, 2.45) is 0 Å². The summed E-state index contributed by atoms with van der Waals surface area (Å²) in [5, 5.41) is 0. The third-order valence-corrected chi connectivity index (χ3v) is 3.24. The SMILES string of the molecule is COc1ccccc1-c1[nH]c(=S)n2ccccc12. The number of benzene rings is 1. The first-order valence-electron chi connectivity index (χ1n) is 5.64. The molecule has 0 aliphatic rings. The van der Waals surface area contributed by atoms with E-state index in [1.165, 1.54) is 0 Å². The molecule has 4 heteroatoms. The summed E-state index contributed by atoms with van der Waals surface area (Å²) in [6.07, 6.45) is 1.95. The minimum atomic E-state index is 0.687. The van der Waals surface area contributed by atoms with Gasteiger partial charge >= 0.3 is 0 Å². The molecule has 2 aromatic heterocycles. The third kappa shape index (κ3) is 1.62. The number of para-hydroxylation sites is 1. The molecular weight excluding hydrogens is 244 g/mol. The highest BCUT2D eigenvalue weighted by molar-refractivity contribution is 7.71. The zero-order valence-corrected chi connectivity index (χ0v) is 10.7. The van der Waals surface area contributed by atoms with Crippen molar-refractivity contribution in [1.29, 1.82) is 0 Å². The summed E-state index contributed by atoms with van der Waals surface area (Å²) in [7, 11) is 1.67. The molecule has 3 rings (SSSR count). The molecule has 0 saturated heterocycles. The van der Waals surface area contributed by atoms with Gasteiger partial charge in [0, 0.05) is 11.8 Å². The van der Waals surface area contributed by atoms with Crippen LogP contribution in [0, 0.1) is 4.77 Å². The molecule has 0 aliphatic heterocycles. The molecule has 0 saturated carbocycles. The maximum Gasteiger partial charge on any atom is 0.182 e. The molecule has 0 bridgehead atoms. The number of aromatic amines is 1. The van der Waals surface area contributed by atoms with Crippen LogP contribution in [-0.2, 0) is 0 Å². The van der Waals surface area contributed by atoms with Crippen LogP contribution in [0.2, 0.25) is 0 Å². The molecule has 90 valence electrons. The summed E-state index contributed by atoms with van der Waals surface area (Å²) >= 11 is 5.32. The minimum absolute atomic E-state index is 0.687. The number of nitrogens with one attached hydrogen (secondary N) is 1. The molecule has 0 unspecified atom stereocenters. The van der Waals surface area contributed by atoms with E-state index < -0.39 is 0 Å². The lowest BCUT2D eigenvalue weighted by molar-refractivity contribution is 0.416. The summed E-state index contributed by atoms with van der Waals surface area (Å²) in [5.41, 5.74) is 3.05. The van der Waals surface area contributed by atoms with E-state index in [1.54, 1.807) is 7.11 Å². The zero-order chi connectivity index (χ0) is 12.5.